The molecular formula is C19H21F4N3O4S. The van der Waals surface area contributed by atoms with Crippen LogP contribution >= 0.6 is 11.3 Å². The van der Waals surface area contributed by atoms with Gasteiger partial charge in [0.25, 0.3) is 0 Å². The van der Waals surface area contributed by atoms with E-state index in [1.165, 1.54) is 11.3 Å². The average molecular weight is 463 g/mol. The molecule has 0 aliphatic carbocycles. The lowest BCUT2D eigenvalue weighted by Gasteiger charge is -2.22. The van der Waals surface area contributed by atoms with Gasteiger partial charge in [0.1, 0.15) is 11.7 Å². The number of aromatic nitrogens is 1. The Labute approximate surface area is 179 Å². The molecule has 1 saturated heterocycles. The van der Waals surface area contributed by atoms with Gasteiger partial charge in [-0.15, -0.1) is 11.3 Å². The number of carbonyl (C=O) groups excluding carboxylic acids is 1. The fourth-order valence-electron chi connectivity index (χ4n) is 2.71. The lowest BCUT2D eigenvalue weighted by atomic mass is 9.99. The Kier molecular flexibility index (Phi) is 9.19. The molecule has 0 bridgehead atoms. The van der Waals surface area contributed by atoms with Crippen LogP contribution in [0.4, 0.5) is 28.0 Å². The summed E-state index contributed by atoms with van der Waals surface area (Å²) in [6.07, 6.45) is -4.50. The number of ether oxygens (including phenoxy) is 1. The highest BCUT2D eigenvalue weighted by molar-refractivity contribution is 7.13. The van der Waals surface area contributed by atoms with E-state index in [4.69, 9.17) is 5.11 Å². The van der Waals surface area contributed by atoms with Crippen molar-refractivity contribution in [2.45, 2.75) is 25.7 Å². The molecule has 1 aliphatic heterocycles. The van der Waals surface area contributed by atoms with Gasteiger partial charge in [0.05, 0.1) is 18.0 Å². The minimum Gasteiger partial charge on any atom is -0.465 e. The van der Waals surface area contributed by atoms with Crippen LogP contribution in [0.5, 0.6) is 0 Å². The predicted molar refractivity (Wildman–Crippen MR) is 107 cm³/mol. The molecule has 0 atom stereocenters. The van der Waals surface area contributed by atoms with Crippen LogP contribution < -0.4 is 10.6 Å². The zero-order chi connectivity index (χ0) is 22.9. The third kappa shape index (κ3) is 8.13. The molecule has 31 heavy (non-hydrogen) atoms. The largest absolute Gasteiger partial charge is 0.490 e. The minimum absolute atomic E-state index is 0.0579. The van der Waals surface area contributed by atoms with Crippen LogP contribution in [0.3, 0.4) is 0 Å². The van der Waals surface area contributed by atoms with E-state index >= 15 is 0 Å². The zero-order valence-corrected chi connectivity index (χ0v) is 17.1. The summed E-state index contributed by atoms with van der Waals surface area (Å²) in [5.41, 5.74) is 1.45. The van der Waals surface area contributed by atoms with Gasteiger partial charge < -0.3 is 15.2 Å². The van der Waals surface area contributed by atoms with Gasteiger partial charge in [-0.3, -0.25) is 5.32 Å². The molecule has 12 heteroatoms. The Morgan fingerprint density at radius 2 is 1.94 bits per heavy atom. The molecule has 2 heterocycles. The Balaban J connectivity index is 0.000000225. The first-order valence-corrected chi connectivity index (χ1v) is 10.1. The van der Waals surface area contributed by atoms with Crippen molar-refractivity contribution in [1.29, 1.82) is 0 Å². The van der Waals surface area contributed by atoms with Crippen LogP contribution in [0.1, 0.15) is 18.5 Å². The Morgan fingerprint density at radius 1 is 1.26 bits per heavy atom. The molecule has 170 valence electrons. The number of carbonyl (C=O) groups is 2. The van der Waals surface area contributed by atoms with Gasteiger partial charge in [-0.05, 0) is 44.0 Å². The molecule has 1 aromatic carbocycles. The molecule has 0 radical (unpaired) electrons. The number of carboxylic acid groups (broad SMARTS) is 1. The number of alkyl halides is 4. The summed E-state index contributed by atoms with van der Waals surface area (Å²) >= 11 is 1.28. The van der Waals surface area contributed by atoms with Gasteiger partial charge >= 0.3 is 18.2 Å². The number of esters is 1. The Morgan fingerprint density at radius 3 is 2.52 bits per heavy atom. The van der Waals surface area contributed by atoms with E-state index in [-0.39, 0.29) is 12.5 Å². The SMILES string of the molecule is O=C(O)Nc1ccccc1-c1nc(CF)cs1.O=C(OCC1CCNCC1)C(F)(F)F. The summed E-state index contributed by atoms with van der Waals surface area (Å²) in [5.74, 6) is -2.03. The van der Waals surface area contributed by atoms with Gasteiger partial charge in [-0.1, -0.05) is 12.1 Å². The Hall–Kier alpha value is -2.73. The molecule has 1 aromatic heterocycles. The van der Waals surface area contributed by atoms with Crippen LogP contribution in [-0.2, 0) is 16.2 Å². The molecule has 1 amide bonds. The number of thiazole rings is 1. The first kappa shape index (κ1) is 24.5. The van der Waals surface area contributed by atoms with E-state index in [0.29, 0.717) is 22.0 Å². The molecule has 0 spiro atoms. The molecule has 7 nitrogen and oxygen atoms in total. The van der Waals surface area contributed by atoms with Gasteiger partial charge in [0.15, 0.2) is 0 Å². The summed E-state index contributed by atoms with van der Waals surface area (Å²) in [7, 11) is 0. The standard InChI is InChI=1S/C11H9FN2O2S.C8H12F3NO2/c12-5-7-6-17-10(13-7)8-3-1-2-4-9(8)14-11(15)16;9-8(10,11)7(13)14-5-6-1-3-12-4-2-6/h1-4,6,14H,5H2,(H,15,16);6,12H,1-5H2. The summed E-state index contributed by atoms with van der Waals surface area (Å²) in [6.45, 7) is 0.799. The van der Waals surface area contributed by atoms with Crippen molar-refractivity contribution >= 4 is 29.1 Å². The summed E-state index contributed by atoms with van der Waals surface area (Å²) < 4.78 is 51.7. The lowest BCUT2D eigenvalue weighted by molar-refractivity contribution is -0.201. The average Bonchev–Trinajstić information content (AvgIpc) is 3.21. The Bertz CT molecular complexity index is 870. The molecule has 1 aliphatic rings. The number of anilines is 1. The normalized spacial score (nSPS) is 14.3. The van der Waals surface area contributed by atoms with Crippen LogP contribution in [-0.4, -0.2) is 48.0 Å². The number of nitrogens with zero attached hydrogens (tertiary/aromatic N) is 1. The van der Waals surface area contributed by atoms with Crippen LogP contribution in [0.15, 0.2) is 29.6 Å². The second-order valence-electron chi connectivity index (χ2n) is 6.54. The maximum absolute atomic E-state index is 12.4. The number of piperidine rings is 1. The monoisotopic (exact) mass is 463 g/mol. The van der Waals surface area contributed by atoms with E-state index in [2.05, 4.69) is 20.4 Å². The number of hydrogen-bond donors (Lipinski definition) is 3. The zero-order valence-electron chi connectivity index (χ0n) is 16.2. The topological polar surface area (TPSA) is 101 Å². The fraction of sp³-hybridized carbons (Fsp3) is 0.421. The van der Waals surface area contributed by atoms with Gasteiger partial charge in [-0.25, -0.2) is 19.0 Å². The lowest BCUT2D eigenvalue weighted by Crippen LogP contribution is -2.33. The van der Waals surface area contributed by atoms with Crippen molar-refractivity contribution in [1.82, 2.24) is 10.3 Å². The van der Waals surface area contributed by atoms with Crippen molar-refractivity contribution in [2.24, 2.45) is 5.92 Å². The number of nitrogens with one attached hydrogen (secondary N) is 2. The van der Waals surface area contributed by atoms with Crippen molar-refractivity contribution in [3.05, 3.63) is 35.3 Å². The summed E-state index contributed by atoms with van der Waals surface area (Å²) in [5, 5.41) is 16.3. The highest BCUT2D eigenvalue weighted by atomic mass is 32.1. The van der Waals surface area contributed by atoms with Crippen molar-refractivity contribution in [3.8, 4) is 10.6 Å². The third-order valence-electron chi connectivity index (χ3n) is 4.23. The van der Waals surface area contributed by atoms with E-state index in [9.17, 15) is 27.2 Å². The first-order valence-electron chi connectivity index (χ1n) is 9.25. The van der Waals surface area contributed by atoms with Crippen LogP contribution in [0.25, 0.3) is 10.6 Å². The van der Waals surface area contributed by atoms with Crippen molar-refractivity contribution < 1.29 is 37.0 Å². The highest BCUT2D eigenvalue weighted by Crippen LogP contribution is 2.30. The number of halogens is 4. The van der Waals surface area contributed by atoms with Crippen molar-refractivity contribution in [2.75, 3.05) is 25.0 Å². The molecule has 0 saturated carbocycles. The maximum Gasteiger partial charge on any atom is 0.490 e. The van der Waals surface area contributed by atoms with Gasteiger partial charge in [0.2, 0.25) is 0 Å². The van der Waals surface area contributed by atoms with Crippen LogP contribution in [0, 0.1) is 5.92 Å². The number of amides is 1. The van der Waals surface area contributed by atoms with Gasteiger partial charge in [-0.2, -0.15) is 13.2 Å². The number of benzene rings is 1. The minimum atomic E-state index is -4.87. The predicted octanol–water partition coefficient (Wildman–Crippen LogP) is 4.46. The smallest absolute Gasteiger partial charge is 0.465 e. The molecular weight excluding hydrogens is 442 g/mol. The van der Waals surface area contributed by atoms with E-state index in [1.807, 2.05) is 0 Å². The van der Waals surface area contributed by atoms with E-state index < -0.39 is 24.9 Å². The van der Waals surface area contributed by atoms with E-state index in [0.717, 1.165) is 25.9 Å². The highest BCUT2D eigenvalue weighted by Gasteiger charge is 2.41. The maximum atomic E-state index is 12.4. The van der Waals surface area contributed by atoms with Crippen molar-refractivity contribution in [3.63, 3.8) is 0 Å². The summed E-state index contributed by atoms with van der Waals surface area (Å²) in [4.78, 5) is 25.0. The second kappa shape index (κ2) is 11.6. The molecule has 3 rings (SSSR count). The molecule has 0 unspecified atom stereocenters. The van der Waals surface area contributed by atoms with Gasteiger partial charge in [0, 0.05) is 10.9 Å². The number of rotatable bonds is 5. The molecule has 1 fully saturated rings. The fourth-order valence-corrected chi connectivity index (χ4v) is 3.55. The van der Waals surface area contributed by atoms with E-state index in [1.54, 1.807) is 29.6 Å². The number of para-hydroxylation sites is 1. The second-order valence-corrected chi connectivity index (χ2v) is 7.40. The molecule has 3 N–H and O–H groups in total. The molecule has 2 aromatic rings. The van der Waals surface area contributed by atoms with Crippen LogP contribution in [0.2, 0.25) is 0 Å². The summed E-state index contributed by atoms with van der Waals surface area (Å²) in [6, 6.07) is 6.88. The third-order valence-corrected chi connectivity index (χ3v) is 5.15. The number of hydrogen-bond acceptors (Lipinski definition) is 6. The quantitative estimate of drug-likeness (QED) is 0.447. The first-order chi connectivity index (χ1) is 14.7.